The SMILES string of the molecule is C=C/C=C(\C=C/Cc1ccccc1)CN=C(N=C(N=C)c1ccccc1)c1cccc2oc3ccc(-c4ccc5ccc6ccccc6c5c4)cc3c12. The van der Waals surface area contributed by atoms with E-state index in [-0.39, 0.29) is 0 Å². The monoisotopic (exact) mass is 683 g/mol. The van der Waals surface area contributed by atoms with Crippen LogP contribution >= 0.6 is 0 Å². The van der Waals surface area contributed by atoms with Crippen LogP contribution in [0.5, 0.6) is 0 Å². The molecule has 1 heterocycles. The molecule has 8 aromatic rings. The summed E-state index contributed by atoms with van der Waals surface area (Å²) in [6.07, 6.45) is 8.87. The van der Waals surface area contributed by atoms with Gasteiger partial charge in [0.15, 0.2) is 11.7 Å². The van der Waals surface area contributed by atoms with E-state index in [0.29, 0.717) is 18.2 Å². The molecule has 0 unspecified atom stereocenters. The highest BCUT2D eigenvalue weighted by molar-refractivity contribution is 6.22. The standard InChI is InChI=1S/C49H37N3O/c1-3-14-35(18-12-17-34-15-6-4-7-16-34)33-51-49(52-48(50-2)38-20-8-5-9-21-38)42-23-13-24-46-47(42)44-32-40(29-30-45(44)53-46)39-28-27-37-26-25-36-19-10-11-22-41(36)43(37)31-39/h3-16,18-32H,1-2,17,33H2/b18-12-,35-14+,51-49?,52-48?. The molecule has 0 spiro atoms. The molecule has 7 aromatic carbocycles. The quantitative estimate of drug-likeness (QED) is 0.0646. The minimum atomic E-state index is 0.387. The Kier molecular flexibility index (Phi) is 9.50. The third-order valence-corrected chi connectivity index (χ3v) is 9.48. The highest BCUT2D eigenvalue weighted by Gasteiger charge is 2.17. The van der Waals surface area contributed by atoms with Crippen LogP contribution in [0.3, 0.4) is 0 Å². The van der Waals surface area contributed by atoms with Gasteiger partial charge in [-0.25, -0.2) is 9.98 Å². The molecule has 0 atom stereocenters. The van der Waals surface area contributed by atoms with E-state index in [2.05, 4.69) is 134 Å². The normalized spacial score (nSPS) is 12.7. The van der Waals surface area contributed by atoms with Crippen LogP contribution in [0.4, 0.5) is 0 Å². The summed E-state index contributed by atoms with van der Waals surface area (Å²) in [5.74, 6) is 1.03. The molecular formula is C49H37N3O. The van der Waals surface area contributed by atoms with Crippen molar-refractivity contribution in [2.75, 3.05) is 6.54 Å². The van der Waals surface area contributed by atoms with Crippen LogP contribution in [0.2, 0.25) is 0 Å². The Labute approximate surface area is 309 Å². The predicted molar refractivity (Wildman–Crippen MR) is 226 cm³/mol. The molecule has 0 aliphatic rings. The van der Waals surface area contributed by atoms with Crippen molar-refractivity contribution in [3.8, 4) is 11.1 Å². The molecular weight excluding hydrogens is 647 g/mol. The number of amidine groups is 2. The third kappa shape index (κ3) is 7.03. The number of furan rings is 1. The highest BCUT2D eigenvalue weighted by Crippen LogP contribution is 2.36. The molecule has 8 rings (SSSR count). The van der Waals surface area contributed by atoms with E-state index in [4.69, 9.17) is 14.4 Å². The Morgan fingerprint density at radius 1 is 0.623 bits per heavy atom. The first kappa shape index (κ1) is 33.2. The maximum absolute atomic E-state index is 6.46. The average Bonchev–Trinajstić information content (AvgIpc) is 3.60. The molecule has 1 aromatic heterocycles. The van der Waals surface area contributed by atoms with Gasteiger partial charge in [-0.05, 0) is 81.2 Å². The Morgan fingerprint density at radius 2 is 1.32 bits per heavy atom. The van der Waals surface area contributed by atoms with Crippen molar-refractivity contribution in [3.63, 3.8) is 0 Å². The van der Waals surface area contributed by atoms with Crippen molar-refractivity contribution in [2.45, 2.75) is 6.42 Å². The summed E-state index contributed by atoms with van der Waals surface area (Å²) in [4.78, 5) is 14.6. The fourth-order valence-corrected chi connectivity index (χ4v) is 6.87. The van der Waals surface area contributed by atoms with Gasteiger partial charge in [0.05, 0.1) is 6.54 Å². The summed E-state index contributed by atoms with van der Waals surface area (Å²) < 4.78 is 6.46. The second-order valence-electron chi connectivity index (χ2n) is 12.9. The zero-order valence-electron chi connectivity index (χ0n) is 29.3. The number of hydrogen-bond donors (Lipinski definition) is 0. The summed E-state index contributed by atoms with van der Waals surface area (Å²) >= 11 is 0. The lowest BCUT2D eigenvalue weighted by atomic mass is 9.96. The van der Waals surface area contributed by atoms with Crippen LogP contribution in [0.1, 0.15) is 16.7 Å². The van der Waals surface area contributed by atoms with Crippen LogP contribution in [0.25, 0.3) is 54.6 Å². The van der Waals surface area contributed by atoms with Crippen molar-refractivity contribution >= 4 is 61.9 Å². The Morgan fingerprint density at radius 3 is 2.11 bits per heavy atom. The third-order valence-electron chi connectivity index (χ3n) is 9.48. The molecule has 0 aliphatic heterocycles. The van der Waals surface area contributed by atoms with Crippen LogP contribution < -0.4 is 0 Å². The molecule has 0 saturated carbocycles. The Bertz CT molecular complexity index is 2750. The van der Waals surface area contributed by atoms with Gasteiger partial charge in [-0.15, -0.1) is 0 Å². The first-order chi connectivity index (χ1) is 26.2. The van der Waals surface area contributed by atoms with E-state index >= 15 is 0 Å². The molecule has 4 heteroatoms. The molecule has 0 N–H and O–H groups in total. The number of benzene rings is 7. The predicted octanol–water partition coefficient (Wildman–Crippen LogP) is 12.4. The molecule has 0 aliphatic carbocycles. The second kappa shape index (κ2) is 15.1. The van der Waals surface area contributed by atoms with Gasteiger partial charge >= 0.3 is 0 Å². The molecule has 0 fully saturated rings. The van der Waals surface area contributed by atoms with Gasteiger partial charge in [-0.2, -0.15) is 0 Å². The van der Waals surface area contributed by atoms with E-state index < -0.39 is 0 Å². The van der Waals surface area contributed by atoms with Crippen molar-refractivity contribution < 1.29 is 4.42 Å². The van der Waals surface area contributed by atoms with Gasteiger partial charge in [0.2, 0.25) is 0 Å². The average molecular weight is 684 g/mol. The first-order valence-electron chi connectivity index (χ1n) is 17.7. The molecule has 254 valence electrons. The van der Waals surface area contributed by atoms with Crippen LogP contribution in [-0.4, -0.2) is 24.9 Å². The molecule has 0 bridgehead atoms. The second-order valence-corrected chi connectivity index (χ2v) is 12.9. The van der Waals surface area contributed by atoms with Crippen LogP contribution in [0.15, 0.2) is 208 Å². The first-order valence-corrected chi connectivity index (χ1v) is 17.7. The summed E-state index contributed by atoms with van der Waals surface area (Å²) in [7, 11) is 0. The van der Waals surface area contributed by atoms with Gasteiger partial charge < -0.3 is 4.42 Å². The lowest BCUT2D eigenvalue weighted by Gasteiger charge is -2.09. The van der Waals surface area contributed by atoms with E-state index in [0.717, 1.165) is 56.2 Å². The van der Waals surface area contributed by atoms with E-state index in [1.54, 1.807) is 6.08 Å². The van der Waals surface area contributed by atoms with Crippen molar-refractivity contribution in [1.29, 1.82) is 0 Å². The van der Waals surface area contributed by atoms with Crippen molar-refractivity contribution in [3.05, 3.63) is 205 Å². The molecule has 0 amide bonds. The Balaban J connectivity index is 1.25. The van der Waals surface area contributed by atoms with Gasteiger partial charge in [-0.1, -0.05) is 158 Å². The van der Waals surface area contributed by atoms with Crippen molar-refractivity contribution in [2.24, 2.45) is 15.0 Å². The minimum absolute atomic E-state index is 0.387. The van der Waals surface area contributed by atoms with E-state index in [1.807, 2.05) is 54.6 Å². The van der Waals surface area contributed by atoms with Gasteiger partial charge in [0, 0.05) is 21.9 Å². The zero-order chi connectivity index (χ0) is 36.0. The number of allylic oxidation sites excluding steroid dienone is 3. The van der Waals surface area contributed by atoms with Gasteiger partial charge in [0.25, 0.3) is 0 Å². The molecule has 0 radical (unpaired) electrons. The minimum Gasteiger partial charge on any atom is -0.456 e. The maximum atomic E-state index is 6.46. The van der Waals surface area contributed by atoms with Gasteiger partial charge in [-0.3, -0.25) is 4.99 Å². The van der Waals surface area contributed by atoms with Gasteiger partial charge in [0.1, 0.15) is 11.2 Å². The summed E-state index contributed by atoms with van der Waals surface area (Å²) in [6.45, 7) is 8.23. The maximum Gasteiger partial charge on any atom is 0.161 e. The number of hydrogen-bond acceptors (Lipinski definition) is 2. The fraction of sp³-hybridized carbons (Fsp3) is 0.0408. The van der Waals surface area contributed by atoms with Crippen LogP contribution in [-0.2, 0) is 6.42 Å². The topological polar surface area (TPSA) is 50.2 Å². The lowest BCUT2D eigenvalue weighted by Crippen LogP contribution is -2.06. The smallest absolute Gasteiger partial charge is 0.161 e. The summed E-state index contributed by atoms with van der Waals surface area (Å²) in [5, 5.41) is 6.86. The summed E-state index contributed by atoms with van der Waals surface area (Å²) in [6, 6.07) is 52.3. The number of nitrogens with zero attached hydrogens (tertiary/aromatic N) is 3. The number of aliphatic imine (C=N–C) groups is 3. The summed E-state index contributed by atoms with van der Waals surface area (Å²) in [5.41, 5.74) is 7.76. The molecule has 0 saturated heterocycles. The highest BCUT2D eigenvalue weighted by atomic mass is 16.3. The lowest BCUT2D eigenvalue weighted by molar-refractivity contribution is 0.669. The van der Waals surface area contributed by atoms with Crippen LogP contribution in [0, 0.1) is 0 Å². The Hall–Kier alpha value is -6.91. The molecule has 53 heavy (non-hydrogen) atoms. The zero-order valence-corrected chi connectivity index (χ0v) is 29.3. The molecule has 4 nitrogen and oxygen atoms in total. The fourth-order valence-electron chi connectivity index (χ4n) is 6.87. The largest absolute Gasteiger partial charge is 0.456 e. The van der Waals surface area contributed by atoms with E-state index in [1.165, 1.54) is 27.1 Å². The number of fused-ring (bicyclic) bond motifs is 6. The van der Waals surface area contributed by atoms with E-state index in [9.17, 15) is 0 Å². The van der Waals surface area contributed by atoms with Crippen molar-refractivity contribution in [1.82, 2.24) is 0 Å². The number of rotatable bonds is 9.